The summed E-state index contributed by atoms with van der Waals surface area (Å²) in [5.41, 5.74) is 8.34. The van der Waals surface area contributed by atoms with Gasteiger partial charge in [0.1, 0.15) is 0 Å². The van der Waals surface area contributed by atoms with Gasteiger partial charge in [0.25, 0.3) is 0 Å². The van der Waals surface area contributed by atoms with Crippen LogP contribution in [0.4, 0.5) is 5.69 Å². The molecule has 1 aromatic rings. The van der Waals surface area contributed by atoms with Crippen LogP contribution in [0.5, 0.6) is 0 Å². The van der Waals surface area contributed by atoms with Gasteiger partial charge in [-0.2, -0.15) is 0 Å². The maximum atomic E-state index is 9.13. The second kappa shape index (κ2) is 4.85. The normalized spacial score (nSPS) is 17.2. The van der Waals surface area contributed by atoms with Gasteiger partial charge < -0.3 is 15.7 Å². The number of aliphatic hydroxyl groups is 1. The fourth-order valence-electron chi connectivity index (χ4n) is 2.13. The van der Waals surface area contributed by atoms with Crippen molar-refractivity contribution in [1.29, 1.82) is 0 Å². The Morgan fingerprint density at radius 2 is 2.12 bits per heavy atom. The summed E-state index contributed by atoms with van der Waals surface area (Å²) >= 11 is 0. The molecule has 16 heavy (non-hydrogen) atoms. The van der Waals surface area contributed by atoms with Crippen LogP contribution >= 0.6 is 0 Å². The lowest BCUT2D eigenvalue weighted by molar-refractivity contribution is 0.301. The highest BCUT2D eigenvalue weighted by Gasteiger charge is 2.30. The number of aliphatic hydroxyl groups excluding tert-OH is 1. The smallest absolute Gasteiger partial charge is 0.0606 e. The van der Waals surface area contributed by atoms with Crippen molar-refractivity contribution in [1.82, 2.24) is 0 Å². The zero-order valence-corrected chi connectivity index (χ0v) is 9.76. The molecule has 1 unspecified atom stereocenters. The molecule has 3 nitrogen and oxygen atoms in total. The highest BCUT2D eigenvalue weighted by atomic mass is 16.3. The van der Waals surface area contributed by atoms with Crippen molar-refractivity contribution >= 4 is 5.69 Å². The third-order valence-corrected chi connectivity index (χ3v) is 3.07. The Morgan fingerprint density at radius 1 is 1.44 bits per heavy atom. The number of hydrogen-bond acceptors (Lipinski definition) is 3. The van der Waals surface area contributed by atoms with E-state index in [2.05, 4.69) is 17.0 Å². The molecular formula is C13H20N2O. The van der Waals surface area contributed by atoms with Gasteiger partial charge in [-0.1, -0.05) is 18.2 Å². The van der Waals surface area contributed by atoms with Crippen molar-refractivity contribution in [3.05, 3.63) is 29.8 Å². The van der Waals surface area contributed by atoms with Gasteiger partial charge in [-0.25, -0.2) is 0 Å². The predicted octanol–water partition coefficient (Wildman–Crippen LogP) is 1.67. The van der Waals surface area contributed by atoms with E-state index in [0.717, 1.165) is 0 Å². The van der Waals surface area contributed by atoms with E-state index in [-0.39, 0.29) is 12.6 Å². The van der Waals surface area contributed by atoms with E-state index < -0.39 is 0 Å². The Morgan fingerprint density at radius 3 is 2.69 bits per heavy atom. The summed E-state index contributed by atoms with van der Waals surface area (Å²) < 4.78 is 0. The number of anilines is 1. The molecule has 3 N–H and O–H groups in total. The first kappa shape index (κ1) is 11.4. The monoisotopic (exact) mass is 220 g/mol. The van der Waals surface area contributed by atoms with Gasteiger partial charge in [0.05, 0.1) is 6.61 Å². The molecule has 0 radical (unpaired) electrons. The molecule has 2 rings (SSSR count). The van der Waals surface area contributed by atoms with E-state index >= 15 is 0 Å². The van der Waals surface area contributed by atoms with Crippen LogP contribution in [0.3, 0.4) is 0 Å². The van der Waals surface area contributed by atoms with Crippen LogP contribution in [0.2, 0.25) is 0 Å². The Bertz CT molecular complexity index is 348. The third kappa shape index (κ3) is 2.36. The van der Waals surface area contributed by atoms with Crippen molar-refractivity contribution in [3.63, 3.8) is 0 Å². The molecule has 1 saturated carbocycles. The Labute approximate surface area is 96.9 Å². The van der Waals surface area contributed by atoms with Crippen LogP contribution in [0.15, 0.2) is 24.3 Å². The van der Waals surface area contributed by atoms with E-state index in [9.17, 15) is 0 Å². The van der Waals surface area contributed by atoms with Gasteiger partial charge in [-0.15, -0.1) is 0 Å². The van der Waals surface area contributed by atoms with Crippen LogP contribution in [0.25, 0.3) is 0 Å². The lowest BCUT2D eigenvalue weighted by Crippen LogP contribution is -2.30. The van der Waals surface area contributed by atoms with E-state index in [1.165, 1.54) is 24.1 Å². The predicted molar refractivity (Wildman–Crippen MR) is 66.5 cm³/mol. The van der Waals surface area contributed by atoms with Crippen molar-refractivity contribution < 1.29 is 5.11 Å². The molecule has 0 aliphatic heterocycles. The minimum absolute atomic E-state index is 0.0381. The van der Waals surface area contributed by atoms with E-state index in [1.807, 2.05) is 19.1 Å². The Hall–Kier alpha value is -1.06. The van der Waals surface area contributed by atoms with Crippen molar-refractivity contribution in [3.8, 4) is 0 Å². The zero-order chi connectivity index (χ0) is 11.5. The molecule has 1 atom stereocenters. The Kier molecular flexibility index (Phi) is 3.46. The van der Waals surface area contributed by atoms with Crippen LogP contribution in [0, 0.1) is 0 Å². The van der Waals surface area contributed by atoms with E-state index in [4.69, 9.17) is 10.8 Å². The summed E-state index contributed by atoms with van der Waals surface area (Å²) in [6, 6.07) is 8.88. The summed E-state index contributed by atoms with van der Waals surface area (Å²) in [5.74, 6) is 0. The lowest BCUT2D eigenvalue weighted by Gasteiger charge is -2.27. The van der Waals surface area contributed by atoms with Gasteiger partial charge in [-0.3, -0.25) is 0 Å². The van der Waals surface area contributed by atoms with Gasteiger partial charge in [0.15, 0.2) is 0 Å². The number of nitrogens with two attached hydrogens (primary N) is 1. The SMILES string of the molecule is CC(N)c1ccccc1N(CCO)C1CC1. The molecule has 88 valence electrons. The highest BCUT2D eigenvalue weighted by molar-refractivity contribution is 5.56. The standard InChI is InChI=1S/C13H20N2O/c1-10(14)12-4-2-3-5-13(12)15(8-9-16)11-6-7-11/h2-5,10-11,16H,6-9,14H2,1H3. The maximum absolute atomic E-state index is 9.13. The molecule has 1 aromatic carbocycles. The minimum Gasteiger partial charge on any atom is -0.395 e. The minimum atomic E-state index is 0.0381. The topological polar surface area (TPSA) is 49.5 Å². The average molecular weight is 220 g/mol. The molecule has 0 heterocycles. The second-order valence-corrected chi connectivity index (χ2v) is 4.50. The zero-order valence-electron chi connectivity index (χ0n) is 9.76. The number of benzene rings is 1. The molecule has 0 saturated heterocycles. The number of hydrogen-bond donors (Lipinski definition) is 2. The first-order valence-electron chi connectivity index (χ1n) is 5.96. The largest absolute Gasteiger partial charge is 0.395 e. The molecule has 0 bridgehead atoms. The van der Waals surface area contributed by atoms with Gasteiger partial charge in [0, 0.05) is 24.3 Å². The molecule has 0 spiro atoms. The molecule has 1 aliphatic carbocycles. The van der Waals surface area contributed by atoms with Crippen LogP contribution < -0.4 is 10.6 Å². The molecule has 0 aromatic heterocycles. The average Bonchev–Trinajstić information content (AvgIpc) is 3.10. The summed E-state index contributed by atoms with van der Waals surface area (Å²) in [5, 5.41) is 9.13. The fraction of sp³-hybridized carbons (Fsp3) is 0.538. The van der Waals surface area contributed by atoms with E-state index in [1.54, 1.807) is 0 Å². The molecule has 1 aliphatic rings. The molecule has 1 fully saturated rings. The molecular weight excluding hydrogens is 200 g/mol. The van der Waals surface area contributed by atoms with E-state index in [0.29, 0.717) is 12.6 Å². The summed E-state index contributed by atoms with van der Waals surface area (Å²) in [6.07, 6.45) is 2.46. The molecule has 0 amide bonds. The van der Waals surface area contributed by atoms with Gasteiger partial charge in [0.2, 0.25) is 0 Å². The van der Waals surface area contributed by atoms with Crippen LogP contribution in [0.1, 0.15) is 31.4 Å². The van der Waals surface area contributed by atoms with Gasteiger partial charge in [-0.05, 0) is 31.4 Å². The summed E-state index contributed by atoms with van der Waals surface area (Å²) in [7, 11) is 0. The quantitative estimate of drug-likeness (QED) is 0.793. The lowest BCUT2D eigenvalue weighted by atomic mass is 10.1. The molecule has 3 heteroatoms. The Balaban J connectivity index is 2.28. The maximum Gasteiger partial charge on any atom is 0.0606 e. The number of para-hydroxylation sites is 1. The summed E-state index contributed by atoms with van der Waals surface area (Å²) in [6.45, 7) is 2.90. The third-order valence-electron chi connectivity index (χ3n) is 3.07. The number of nitrogens with zero attached hydrogens (tertiary/aromatic N) is 1. The van der Waals surface area contributed by atoms with Crippen LogP contribution in [-0.4, -0.2) is 24.3 Å². The van der Waals surface area contributed by atoms with Crippen molar-refractivity contribution in [2.45, 2.75) is 31.8 Å². The first-order chi connectivity index (χ1) is 7.74. The number of rotatable bonds is 5. The van der Waals surface area contributed by atoms with Gasteiger partial charge >= 0.3 is 0 Å². The van der Waals surface area contributed by atoms with Crippen molar-refractivity contribution in [2.75, 3.05) is 18.1 Å². The van der Waals surface area contributed by atoms with Crippen LogP contribution in [-0.2, 0) is 0 Å². The fourth-order valence-corrected chi connectivity index (χ4v) is 2.13. The van der Waals surface area contributed by atoms with Crippen molar-refractivity contribution in [2.24, 2.45) is 5.73 Å². The highest BCUT2D eigenvalue weighted by Crippen LogP contribution is 2.34. The summed E-state index contributed by atoms with van der Waals surface area (Å²) in [4.78, 5) is 2.29. The second-order valence-electron chi connectivity index (χ2n) is 4.50. The first-order valence-corrected chi connectivity index (χ1v) is 5.96.